The maximum Gasteiger partial charge on any atom is 0.483 e. The highest BCUT2D eigenvalue weighted by Gasteiger charge is 2.41. The molecule has 1 aromatic carbocycles. The van der Waals surface area contributed by atoms with Crippen LogP contribution < -0.4 is 16.0 Å². The molecule has 1 aromatic rings. The van der Waals surface area contributed by atoms with Gasteiger partial charge in [-0.15, -0.1) is 0 Å². The molecule has 0 fully saturated rings. The van der Waals surface area contributed by atoms with E-state index < -0.39 is 12.0 Å². The molecule has 0 aliphatic rings. The summed E-state index contributed by atoms with van der Waals surface area (Å²) in [6.07, 6.45) is -4.03. The zero-order chi connectivity index (χ0) is 12.2. The van der Waals surface area contributed by atoms with Gasteiger partial charge in [0.1, 0.15) is 5.75 Å². The number of hydrogen-bond donors (Lipinski definition) is 3. The van der Waals surface area contributed by atoms with Gasteiger partial charge >= 0.3 is 12.0 Å². The van der Waals surface area contributed by atoms with Gasteiger partial charge in [0.05, 0.1) is 6.61 Å². The van der Waals surface area contributed by atoms with Gasteiger partial charge in [0.15, 0.2) is 0 Å². The van der Waals surface area contributed by atoms with Crippen molar-refractivity contribution in [3.05, 3.63) is 29.8 Å². The lowest BCUT2D eigenvalue weighted by Gasteiger charge is -2.15. The maximum absolute atomic E-state index is 12.9. The summed E-state index contributed by atoms with van der Waals surface area (Å²) >= 11 is 0. The zero-order valence-electron chi connectivity index (χ0n) is 8.11. The van der Waals surface area contributed by atoms with E-state index in [1.807, 2.05) is 0 Å². The van der Waals surface area contributed by atoms with Crippen LogP contribution in [0.2, 0.25) is 0 Å². The standard InChI is InChI=1S/C9H10F2N2O3/c10-9(11,8(15)13-12)16-7-3-1-6(5-14)2-4-7/h1-4,14H,5,12H2,(H,13,15). The second kappa shape index (κ2) is 4.86. The minimum Gasteiger partial charge on any atom is -0.425 e. The number of ether oxygens (including phenoxy) is 1. The molecule has 0 aliphatic heterocycles. The van der Waals surface area contributed by atoms with Gasteiger partial charge in [-0.3, -0.25) is 10.2 Å². The fraction of sp³-hybridized carbons (Fsp3) is 0.222. The summed E-state index contributed by atoms with van der Waals surface area (Å²) in [4.78, 5) is 10.6. The molecular formula is C9H10F2N2O3. The number of aliphatic hydroxyl groups is 1. The van der Waals surface area contributed by atoms with Gasteiger partial charge in [-0.05, 0) is 17.7 Å². The largest absolute Gasteiger partial charge is 0.483 e. The van der Waals surface area contributed by atoms with Gasteiger partial charge in [-0.25, -0.2) is 5.84 Å². The number of nitrogens with one attached hydrogen (secondary N) is 1. The van der Waals surface area contributed by atoms with E-state index in [0.29, 0.717) is 5.56 Å². The summed E-state index contributed by atoms with van der Waals surface area (Å²) in [5, 5.41) is 8.72. The van der Waals surface area contributed by atoms with Crippen LogP contribution in [0.5, 0.6) is 5.75 Å². The summed E-state index contributed by atoms with van der Waals surface area (Å²) in [5.74, 6) is 2.62. The molecule has 1 amide bonds. The molecule has 0 saturated heterocycles. The molecule has 7 heteroatoms. The first-order chi connectivity index (χ1) is 7.49. The third-order valence-corrected chi connectivity index (χ3v) is 1.75. The number of amides is 1. The lowest BCUT2D eigenvalue weighted by molar-refractivity contribution is -0.192. The second-order valence-electron chi connectivity index (χ2n) is 2.89. The number of hydrogen-bond acceptors (Lipinski definition) is 4. The highest BCUT2D eigenvalue weighted by Crippen LogP contribution is 2.21. The van der Waals surface area contributed by atoms with Crippen LogP contribution in [-0.4, -0.2) is 17.1 Å². The highest BCUT2D eigenvalue weighted by atomic mass is 19.3. The van der Waals surface area contributed by atoms with Crippen LogP contribution in [0.3, 0.4) is 0 Å². The first-order valence-electron chi connectivity index (χ1n) is 4.27. The number of carbonyl (C=O) groups excluding carboxylic acids is 1. The van der Waals surface area contributed by atoms with Gasteiger partial charge < -0.3 is 9.84 Å². The van der Waals surface area contributed by atoms with Crippen LogP contribution in [0.15, 0.2) is 24.3 Å². The molecule has 0 bridgehead atoms. The third kappa shape index (κ3) is 2.88. The van der Waals surface area contributed by atoms with Crippen LogP contribution in [-0.2, 0) is 11.4 Å². The van der Waals surface area contributed by atoms with Crippen molar-refractivity contribution in [3.63, 3.8) is 0 Å². The molecule has 0 unspecified atom stereocenters. The van der Waals surface area contributed by atoms with Crippen LogP contribution >= 0.6 is 0 Å². The maximum atomic E-state index is 12.9. The number of nitrogens with two attached hydrogens (primary N) is 1. The monoisotopic (exact) mass is 232 g/mol. The van der Waals surface area contributed by atoms with E-state index in [0.717, 1.165) is 0 Å². The molecule has 0 saturated carbocycles. The Morgan fingerprint density at radius 2 is 2.00 bits per heavy atom. The van der Waals surface area contributed by atoms with Crippen molar-refractivity contribution < 1.29 is 23.4 Å². The minimum atomic E-state index is -4.03. The minimum absolute atomic E-state index is 0.203. The summed E-state index contributed by atoms with van der Waals surface area (Å²) in [5.41, 5.74) is 1.83. The van der Waals surface area contributed by atoms with E-state index in [2.05, 4.69) is 10.6 Å². The Balaban J connectivity index is 2.76. The molecule has 0 aromatic heterocycles. The quantitative estimate of drug-likeness (QED) is 0.391. The zero-order valence-corrected chi connectivity index (χ0v) is 8.11. The lowest BCUT2D eigenvalue weighted by atomic mass is 10.2. The Morgan fingerprint density at radius 3 is 2.44 bits per heavy atom. The van der Waals surface area contributed by atoms with Crippen molar-refractivity contribution in [2.75, 3.05) is 0 Å². The summed E-state index contributed by atoms with van der Waals surface area (Å²) in [7, 11) is 0. The van der Waals surface area contributed by atoms with Crippen molar-refractivity contribution in [1.29, 1.82) is 0 Å². The molecule has 0 spiro atoms. The van der Waals surface area contributed by atoms with Crippen molar-refractivity contribution >= 4 is 5.91 Å². The van der Waals surface area contributed by atoms with Gasteiger partial charge in [0, 0.05) is 0 Å². The van der Waals surface area contributed by atoms with E-state index in [9.17, 15) is 13.6 Å². The molecule has 5 nitrogen and oxygen atoms in total. The highest BCUT2D eigenvalue weighted by molar-refractivity contribution is 5.81. The molecule has 0 radical (unpaired) electrons. The molecule has 0 heterocycles. The molecule has 1 rings (SSSR count). The number of carbonyl (C=O) groups is 1. The molecular weight excluding hydrogens is 222 g/mol. The number of aliphatic hydroxyl groups excluding tert-OH is 1. The van der Waals surface area contributed by atoms with Crippen LogP contribution in [0.4, 0.5) is 8.78 Å². The first-order valence-corrected chi connectivity index (χ1v) is 4.27. The predicted molar refractivity (Wildman–Crippen MR) is 50.3 cm³/mol. The van der Waals surface area contributed by atoms with Crippen molar-refractivity contribution in [2.45, 2.75) is 12.7 Å². The van der Waals surface area contributed by atoms with Crippen molar-refractivity contribution in [3.8, 4) is 5.75 Å². The molecule has 0 atom stereocenters. The van der Waals surface area contributed by atoms with E-state index in [1.165, 1.54) is 29.7 Å². The van der Waals surface area contributed by atoms with Gasteiger partial charge in [0.2, 0.25) is 0 Å². The molecule has 4 N–H and O–H groups in total. The van der Waals surface area contributed by atoms with Gasteiger partial charge in [-0.2, -0.15) is 8.78 Å². The van der Waals surface area contributed by atoms with Crippen LogP contribution in [0.25, 0.3) is 0 Å². The summed E-state index contributed by atoms with van der Waals surface area (Å²) in [6, 6.07) is 5.21. The first kappa shape index (κ1) is 12.3. The van der Waals surface area contributed by atoms with E-state index in [4.69, 9.17) is 5.11 Å². The predicted octanol–water partition coefficient (Wildman–Crippen LogP) is 0.140. The lowest BCUT2D eigenvalue weighted by Crippen LogP contribution is -2.47. The number of alkyl halides is 2. The average molecular weight is 232 g/mol. The summed E-state index contributed by atoms with van der Waals surface area (Å²) < 4.78 is 30.0. The normalized spacial score (nSPS) is 11.0. The Labute approximate surface area is 89.8 Å². The van der Waals surface area contributed by atoms with E-state index >= 15 is 0 Å². The topological polar surface area (TPSA) is 84.6 Å². The third-order valence-electron chi connectivity index (χ3n) is 1.75. The Bertz CT molecular complexity index is 368. The fourth-order valence-electron chi connectivity index (χ4n) is 0.941. The number of hydrazine groups is 1. The fourth-order valence-corrected chi connectivity index (χ4v) is 0.941. The molecule has 88 valence electrons. The SMILES string of the molecule is NNC(=O)C(F)(F)Oc1ccc(CO)cc1. The Hall–Kier alpha value is -1.73. The number of benzene rings is 1. The molecule has 0 aliphatic carbocycles. The summed E-state index contributed by atoms with van der Waals surface area (Å²) in [6.45, 7) is -0.208. The van der Waals surface area contributed by atoms with Gasteiger partial charge in [0.25, 0.3) is 0 Å². The van der Waals surface area contributed by atoms with E-state index in [-0.39, 0.29) is 12.4 Å². The second-order valence-corrected chi connectivity index (χ2v) is 2.89. The molecule has 16 heavy (non-hydrogen) atoms. The smallest absolute Gasteiger partial charge is 0.425 e. The van der Waals surface area contributed by atoms with Crippen LogP contribution in [0.1, 0.15) is 5.56 Å². The van der Waals surface area contributed by atoms with Crippen molar-refractivity contribution in [2.24, 2.45) is 5.84 Å². The average Bonchev–Trinajstić information content (AvgIpc) is 2.28. The Kier molecular flexibility index (Phi) is 3.75. The number of rotatable bonds is 4. The van der Waals surface area contributed by atoms with E-state index in [1.54, 1.807) is 0 Å². The van der Waals surface area contributed by atoms with Gasteiger partial charge in [-0.1, -0.05) is 12.1 Å². The van der Waals surface area contributed by atoms with Crippen LogP contribution in [0, 0.1) is 0 Å². The van der Waals surface area contributed by atoms with Crippen molar-refractivity contribution in [1.82, 2.24) is 5.43 Å². The number of halogens is 2. The Morgan fingerprint density at radius 1 is 1.44 bits per heavy atom.